The molecule has 1 aliphatic heterocycles. The van der Waals surface area contributed by atoms with Gasteiger partial charge in [-0.15, -0.1) is 0 Å². The van der Waals surface area contributed by atoms with Crippen molar-refractivity contribution in [1.29, 1.82) is 0 Å². The molecule has 0 spiro atoms. The maximum atomic E-state index is 14.0. The maximum absolute atomic E-state index is 14.0. The second-order valence-electron chi connectivity index (χ2n) is 6.04. The van der Waals surface area contributed by atoms with E-state index in [1.165, 1.54) is 0 Å². The highest BCUT2D eigenvalue weighted by Gasteiger charge is 2.61. The molecule has 0 bridgehead atoms. The highest BCUT2D eigenvalue weighted by molar-refractivity contribution is 5.85. The molecule has 0 radical (unpaired) electrons. The summed E-state index contributed by atoms with van der Waals surface area (Å²) in [7, 11) is 0. The van der Waals surface area contributed by atoms with Crippen molar-refractivity contribution in [3.63, 3.8) is 0 Å². The van der Waals surface area contributed by atoms with Crippen LogP contribution in [0.2, 0.25) is 0 Å². The number of nitrogens with one attached hydrogen (secondary N) is 1. The largest absolute Gasteiger partial charge is 0.493 e. The summed E-state index contributed by atoms with van der Waals surface area (Å²) in [4.78, 5) is 11.8. The number of carbonyl (C=O) groups excluding carboxylic acids is 1. The minimum atomic E-state index is -3.74. The van der Waals surface area contributed by atoms with Gasteiger partial charge in [0.05, 0.1) is 6.61 Å². The first-order valence-corrected chi connectivity index (χ1v) is 7.54. The van der Waals surface area contributed by atoms with Gasteiger partial charge < -0.3 is 15.2 Å². The number of hydrogen-bond acceptors (Lipinski definition) is 3. The smallest absolute Gasteiger partial charge is 0.352 e. The number of alkyl halides is 2. The van der Waals surface area contributed by atoms with Crippen LogP contribution >= 0.6 is 0 Å². The van der Waals surface area contributed by atoms with Gasteiger partial charge in [0, 0.05) is 12.5 Å². The lowest BCUT2D eigenvalue weighted by Gasteiger charge is -2.41. The summed E-state index contributed by atoms with van der Waals surface area (Å²) in [6.45, 7) is 0.614. The molecule has 2 N–H and O–H groups in total. The third-order valence-electron chi connectivity index (χ3n) is 4.64. The Morgan fingerprint density at radius 1 is 1.41 bits per heavy atom. The van der Waals surface area contributed by atoms with E-state index in [4.69, 9.17) is 4.74 Å². The van der Waals surface area contributed by atoms with Crippen molar-refractivity contribution in [1.82, 2.24) is 5.32 Å². The van der Waals surface area contributed by atoms with Gasteiger partial charge >= 0.3 is 5.92 Å². The third kappa shape index (κ3) is 2.45. The number of amides is 1. The van der Waals surface area contributed by atoms with Crippen molar-refractivity contribution < 1.29 is 23.4 Å². The monoisotopic (exact) mass is 311 g/mol. The molecule has 2 aliphatic rings. The van der Waals surface area contributed by atoms with Crippen LogP contribution in [0.4, 0.5) is 8.78 Å². The molecule has 1 aromatic rings. The molecule has 1 heterocycles. The number of para-hydroxylation sites is 1. The van der Waals surface area contributed by atoms with Gasteiger partial charge in [0.15, 0.2) is 0 Å². The lowest BCUT2D eigenvalue weighted by Crippen LogP contribution is -2.61. The number of hydrogen-bond donors (Lipinski definition) is 2. The van der Waals surface area contributed by atoms with Gasteiger partial charge in [-0.1, -0.05) is 18.2 Å². The summed E-state index contributed by atoms with van der Waals surface area (Å²) in [6, 6.07) is 7.41. The quantitative estimate of drug-likeness (QED) is 0.896. The first kappa shape index (κ1) is 15.2. The fourth-order valence-electron chi connectivity index (χ4n) is 2.99. The molecule has 1 aromatic carbocycles. The molecule has 0 aromatic heterocycles. The first-order chi connectivity index (χ1) is 10.4. The average Bonchev–Trinajstić information content (AvgIpc) is 2.49. The number of halogens is 2. The van der Waals surface area contributed by atoms with E-state index in [-0.39, 0.29) is 25.3 Å². The molecule has 1 fully saturated rings. The van der Waals surface area contributed by atoms with Crippen LogP contribution in [0.1, 0.15) is 37.2 Å². The van der Waals surface area contributed by atoms with Crippen molar-refractivity contribution in [3.05, 3.63) is 29.8 Å². The van der Waals surface area contributed by atoms with Gasteiger partial charge in [-0.05, 0) is 37.3 Å². The van der Waals surface area contributed by atoms with E-state index in [1.807, 2.05) is 24.3 Å². The molecule has 1 atom stereocenters. The second-order valence-corrected chi connectivity index (χ2v) is 6.04. The van der Waals surface area contributed by atoms with Gasteiger partial charge in [0.1, 0.15) is 11.4 Å². The van der Waals surface area contributed by atoms with Crippen LogP contribution in [0, 0.1) is 0 Å². The standard InChI is InChI=1S/C16H19F2NO3/c17-16(18,15(21)7-3-8-15)14(20)19-10-11-6-9-22-13-5-2-1-4-12(11)13/h1-2,4-5,11,21H,3,6-10H2,(H,19,20). The summed E-state index contributed by atoms with van der Waals surface area (Å²) in [5, 5.41) is 12.1. The van der Waals surface area contributed by atoms with E-state index in [0.29, 0.717) is 19.4 Å². The van der Waals surface area contributed by atoms with Gasteiger partial charge in [-0.2, -0.15) is 8.78 Å². The van der Waals surface area contributed by atoms with Crippen LogP contribution < -0.4 is 10.1 Å². The topological polar surface area (TPSA) is 58.6 Å². The molecular formula is C16H19F2NO3. The van der Waals surface area contributed by atoms with Crippen LogP contribution in [0.25, 0.3) is 0 Å². The average molecular weight is 311 g/mol. The van der Waals surface area contributed by atoms with Crippen molar-refractivity contribution in [2.24, 2.45) is 0 Å². The molecule has 1 unspecified atom stereocenters. The molecule has 1 aliphatic carbocycles. The number of ether oxygens (including phenoxy) is 1. The van der Waals surface area contributed by atoms with Crippen molar-refractivity contribution >= 4 is 5.91 Å². The fraction of sp³-hybridized carbons (Fsp3) is 0.562. The minimum Gasteiger partial charge on any atom is -0.493 e. The van der Waals surface area contributed by atoms with Crippen molar-refractivity contribution in [3.8, 4) is 5.75 Å². The van der Waals surface area contributed by atoms with E-state index >= 15 is 0 Å². The third-order valence-corrected chi connectivity index (χ3v) is 4.64. The molecule has 1 amide bonds. The minimum absolute atomic E-state index is 0.0342. The van der Waals surface area contributed by atoms with Gasteiger partial charge in [-0.3, -0.25) is 4.79 Å². The molecule has 120 valence electrons. The molecule has 1 saturated carbocycles. The maximum Gasteiger partial charge on any atom is 0.352 e. The van der Waals surface area contributed by atoms with Gasteiger partial charge in [0.2, 0.25) is 0 Å². The summed E-state index contributed by atoms with van der Waals surface area (Å²) in [5.74, 6) is -4.45. The van der Waals surface area contributed by atoms with E-state index in [2.05, 4.69) is 5.32 Å². The Kier molecular flexibility index (Phi) is 3.80. The van der Waals surface area contributed by atoms with Crippen LogP contribution in [0.5, 0.6) is 5.75 Å². The Labute approximate surface area is 127 Å². The van der Waals surface area contributed by atoms with Crippen LogP contribution in [0.3, 0.4) is 0 Å². The molecule has 6 heteroatoms. The zero-order valence-electron chi connectivity index (χ0n) is 12.1. The molecule has 4 nitrogen and oxygen atoms in total. The molecule has 3 rings (SSSR count). The highest BCUT2D eigenvalue weighted by atomic mass is 19.3. The summed E-state index contributed by atoms with van der Waals surface area (Å²) >= 11 is 0. The molecule has 0 saturated heterocycles. The summed E-state index contributed by atoms with van der Waals surface area (Å²) in [6.07, 6.45) is 1.11. The number of rotatable bonds is 4. The number of carbonyl (C=O) groups is 1. The van der Waals surface area contributed by atoms with Gasteiger partial charge in [0.25, 0.3) is 5.91 Å². The fourth-order valence-corrected chi connectivity index (χ4v) is 2.99. The van der Waals surface area contributed by atoms with Crippen molar-refractivity contribution in [2.45, 2.75) is 43.1 Å². The van der Waals surface area contributed by atoms with E-state index in [0.717, 1.165) is 11.3 Å². The first-order valence-electron chi connectivity index (χ1n) is 7.54. The number of aliphatic hydroxyl groups is 1. The lowest BCUT2D eigenvalue weighted by atomic mass is 9.75. The summed E-state index contributed by atoms with van der Waals surface area (Å²) in [5.41, 5.74) is -1.26. The van der Waals surface area contributed by atoms with E-state index in [1.54, 1.807) is 0 Å². The van der Waals surface area contributed by atoms with Crippen LogP contribution in [0.15, 0.2) is 24.3 Å². The SMILES string of the molecule is O=C(NCC1CCOc2ccccc21)C(F)(F)C1(O)CCC1. The normalized spacial score (nSPS) is 23.0. The van der Waals surface area contributed by atoms with Crippen LogP contribution in [-0.2, 0) is 4.79 Å². The Morgan fingerprint density at radius 3 is 2.82 bits per heavy atom. The van der Waals surface area contributed by atoms with Crippen molar-refractivity contribution in [2.75, 3.05) is 13.2 Å². The molecular weight excluding hydrogens is 292 g/mol. The Morgan fingerprint density at radius 2 is 2.14 bits per heavy atom. The second kappa shape index (κ2) is 5.50. The van der Waals surface area contributed by atoms with E-state index in [9.17, 15) is 18.7 Å². The zero-order chi connectivity index (χ0) is 15.8. The van der Waals surface area contributed by atoms with Gasteiger partial charge in [-0.25, -0.2) is 0 Å². The highest BCUT2D eigenvalue weighted by Crippen LogP contribution is 2.44. The van der Waals surface area contributed by atoms with Crippen LogP contribution in [-0.4, -0.2) is 35.7 Å². The summed E-state index contributed by atoms with van der Waals surface area (Å²) < 4.78 is 33.5. The predicted octanol–water partition coefficient (Wildman–Crippen LogP) is 2.22. The predicted molar refractivity (Wildman–Crippen MR) is 76.1 cm³/mol. The zero-order valence-corrected chi connectivity index (χ0v) is 12.1. The Bertz CT molecular complexity index is 572. The number of fused-ring (bicyclic) bond motifs is 1. The number of benzene rings is 1. The Hall–Kier alpha value is -1.69. The van der Waals surface area contributed by atoms with E-state index < -0.39 is 17.4 Å². The molecule has 22 heavy (non-hydrogen) atoms. The lowest BCUT2D eigenvalue weighted by molar-refractivity contribution is -0.215. The Balaban J connectivity index is 1.65.